The van der Waals surface area contributed by atoms with Crippen molar-refractivity contribution in [1.29, 1.82) is 0 Å². The first-order valence-corrected chi connectivity index (χ1v) is 9.80. The Bertz CT molecular complexity index is 761. The predicted octanol–water partition coefficient (Wildman–Crippen LogP) is 0.740. The van der Waals surface area contributed by atoms with Crippen LogP contribution in [0.15, 0.2) is 12.2 Å². The summed E-state index contributed by atoms with van der Waals surface area (Å²) in [5.74, 6) is -2.99. The topological polar surface area (TPSA) is 96.2 Å². The van der Waals surface area contributed by atoms with E-state index < -0.39 is 47.1 Å². The van der Waals surface area contributed by atoms with Crippen molar-refractivity contribution in [3.05, 3.63) is 12.2 Å². The van der Waals surface area contributed by atoms with E-state index in [1.165, 1.54) is 0 Å². The summed E-state index contributed by atoms with van der Waals surface area (Å²) in [6.45, 7) is 8.14. The standard InChI is InChI=1S/C20H26O6/c1-8-9-4-5-10-18-11(21)6-7-17(2,3)12(18)14(23)20(24)19(10,13(8)22)15(9)25-16(18)26-20/h9-12,14-16,21,23-24H,1,4-7H2,2-3H3/t9-,10+,11+,12-,14+,15+,16+,18+,19?,20-/m1/s1. The summed E-state index contributed by atoms with van der Waals surface area (Å²) in [4.78, 5) is 13.4. The second-order valence-electron chi connectivity index (χ2n) is 10.1. The lowest BCUT2D eigenvalue weighted by molar-refractivity contribution is -0.556. The highest BCUT2D eigenvalue weighted by atomic mass is 16.8. The molecule has 6 nitrogen and oxygen atoms in total. The van der Waals surface area contributed by atoms with Crippen LogP contribution in [0, 0.1) is 34.0 Å². The molecule has 8 aliphatic rings. The maximum Gasteiger partial charge on any atom is 0.211 e. The fraction of sp³-hybridized carbons (Fsp3) is 0.850. The van der Waals surface area contributed by atoms with Gasteiger partial charge in [-0.15, -0.1) is 0 Å². The SMILES string of the molecule is C=C1C(=O)C23[C@H]4CC[C@H]1[C@@H]2O[C@H]1O[C@]3(O)[C@@H](O)[C@@H]2C(C)(C)CC[C@H](O)[C@]124. The molecule has 0 aromatic heterocycles. The van der Waals surface area contributed by atoms with Crippen molar-refractivity contribution in [3.63, 3.8) is 0 Å². The predicted molar refractivity (Wildman–Crippen MR) is 88.4 cm³/mol. The summed E-state index contributed by atoms with van der Waals surface area (Å²) < 4.78 is 12.3. The van der Waals surface area contributed by atoms with Gasteiger partial charge in [-0.2, -0.15) is 0 Å². The van der Waals surface area contributed by atoms with E-state index in [1.54, 1.807) is 0 Å². The van der Waals surface area contributed by atoms with Crippen LogP contribution in [0.1, 0.15) is 39.5 Å². The molecule has 8 fully saturated rings. The van der Waals surface area contributed by atoms with Crippen molar-refractivity contribution < 1.29 is 29.6 Å². The number of aliphatic hydroxyl groups is 3. The quantitative estimate of drug-likeness (QED) is 0.550. The Morgan fingerprint density at radius 3 is 2.65 bits per heavy atom. The molecule has 4 saturated carbocycles. The second kappa shape index (κ2) is 4.13. The molecular formula is C20H26O6. The molecule has 0 aromatic carbocycles. The van der Waals surface area contributed by atoms with Gasteiger partial charge in [0, 0.05) is 11.8 Å². The average Bonchev–Trinajstić information content (AvgIpc) is 2.71. The molecule has 0 amide bonds. The van der Waals surface area contributed by atoms with Crippen LogP contribution in [-0.2, 0) is 14.3 Å². The third-order valence-electron chi connectivity index (χ3n) is 9.14. The van der Waals surface area contributed by atoms with E-state index in [-0.39, 0.29) is 23.0 Å². The number of aliphatic hydroxyl groups excluding tert-OH is 2. The van der Waals surface area contributed by atoms with Crippen LogP contribution in [0.3, 0.4) is 0 Å². The van der Waals surface area contributed by atoms with Crippen molar-refractivity contribution in [2.24, 2.45) is 34.0 Å². The summed E-state index contributed by atoms with van der Waals surface area (Å²) in [7, 11) is 0. The van der Waals surface area contributed by atoms with Crippen LogP contribution in [0.2, 0.25) is 0 Å². The lowest BCUT2D eigenvalue weighted by atomic mass is 9.34. The molecule has 2 spiro atoms. The summed E-state index contributed by atoms with van der Waals surface area (Å²) >= 11 is 0. The first-order chi connectivity index (χ1) is 12.1. The monoisotopic (exact) mass is 362 g/mol. The molecule has 4 heterocycles. The van der Waals surface area contributed by atoms with Crippen molar-refractivity contribution in [2.45, 2.75) is 69.9 Å². The molecule has 4 aliphatic heterocycles. The third kappa shape index (κ3) is 1.19. The Labute approximate surface area is 152 Å². The van der Waals surface area contributed by atoms with Crippen molar-refractivity contribution in [2.75, 3.05) is 0 Å². The molecule has 26 heavy (non-hydrogen) atoms. The Morgan fingerprint density at radius 2 is 1.92 bits per heavy atom. The maximum absolute atomic E-state index is 13.4. The minimum Gasteiger partial charge on any atom is -0.392 e. The molecule has 142 valence electrons. The highest BCUT2D eigenvalue weighted by molar-refractivity contribution is 6.05. The maximum atomic E-state index is 13.4. The van der Waals surface area contributed by atoms with Crippen LogP contribution in [-0.4, -0.2) is 51.5 Å². The van der Waals surface area contributed by atoms with Gasteiger partial charge in [-0.1, -0.05) is 20.4 Å². The molecule has 7 bridgehead atoms. The van der Waals surface area contributed by atoms with Crippen molar-refractivity contribution >= 4 is 5.78 Å². The summed E-state index contributed by atoms with van der Waals surface area (Å²) in [5.41, 5.74) is -2.03. The molecule has 3 N–H and O–H groups in total. The van der Waals surface area contributed by atoms with Crippen LogP contribution in [0.5, 0.6) is 0 Å². The zero-order chi connectivity index (χ0) is 18.4. The number of ether oxygens (including phenoxy) is 2. The third-order valence-corrected chi connectivity index (χ3v) is 9.14. The second-order valence-corrected chi connectivity index (χ2v) is 10.1. The molecule has 4 aliphatic carbocycles. The summed E-state index contributed by atoms with van der Waals surface area (Å²) in [6.07, 6.45) is -0.473. The van der Waals surface area contributed by atoms with Gasteiger partial charge < -0.3 is 24.8 Å². The number of carbonyl (C=O) groups excluding carboxylic acids is 1. The lowest BCUT2D eigenvalue weighted by Gasteiger charge is -2.79. The molecule has 6 heteroatoms. The van der Waals surface area contributed by atoms with Crippen LogP contribution >= 0.6 is 0 Å². The molecule has 0 radical (unpaired) electrons. The van der Waals surface area contributed by atoms with Gasteiger partial charge in [0.1, 0.15) is 11.5 Å². The Morgan fingerprint density at radius 1 is 1.19 bits per heavy atom. The van der Waals surface area contributed by atoms with Gasteiger partial charge in [-0.3, -0.25) is 4.79 Å². The molecule has 10 atom stereocenters. The van der Waals surface area contributed by atoms with E-state index in [1.807, 2.05) is 0 Å². The molecule has 1 unspecified atom stereocenters. The minimum atomic E-state index is -1.97. The van der Waals surface area contributed by atoms with Crippen LogP contribution in [0.4, 0.5) is 0 Å². The van der Waals surface area contributed by atoms with E-state index in [0.29, 0.717) is 18.4 Å². The van der Waals surface area contributed by atoms with Gasteiger partial charge in [-0.05, 0) is 42.6 Å². The Balaban J connectivity index is 1.70. The van der Waals surface area contributed by atoms with E-state index in [4.69, 9.17) is 9.47 Å². The van der Waals surface area contributed by atoms with E-state index in [0.717, 1.165) is 12.8 Å². The zero-order valence-electron chi connectivity index (χ0n) is 15.1. The van der Waals surface area contributed by atoms with Gasteiger partial charge in [0.15, 0.2) is 12.1 Å². The molecule has 0 aromatic rings. The Kier molecular flexibility index (Phi) is 2.57. The summed E-state index contributed by atoms with van der Waals surface area (Å²) in [6, 6.07) is 0. The highest BCUT2D eigenvalue weighted by Crippen LogP contribution is 2.81. The Hall–Kier alpha value is -0.790. The van der Waals surface area contributed by atoms with E-state index in [9.17, 15) is 20.1 Å². The zero-order valence-corrected chi connectivity index (χ0v) is 15.1. The largest absolute Gasteiger partial charge is 0.392 e. The van der Waals surface area contributed by atoms with E-state index in [2.05, 4.69) is 20.4 Å². The van der Waals surface area contributed by atoms with Crippen molar-refractivity contribution in [3.8, 4) is 0 Å². The number of ketones is 1. The lowest BCUT2D eigenvalue weighted by Crippen LogP contribution is -2.91. The highest BCUT2D eigenvalue weighted by Gasteiger charge is 2.92. The summed E-state index contributed by atoms with van der Waals surface area (Å²) in [5, 5.41) is 34.3. The molecular weight excluding hydrogens is 336 g/mol. The van der Waals surface area contributed by atoms with Crippen LogP contribution in [0.25, 0.3) is 0 Å². The van der Waals surface area contributed by atoms with Gasteiger partial charge in [0.25, 0.3) is 0 Å². The van der Waals surface area contributed by atoms with E-state index >= 15 is 0 Å². The average molecular weight is 362 g/mol. The number of hydrogen-bond acceptors (Lipinski definition) is 6. The number of hydrogen-bond donors (Lipinski definition) is 3. The first kappa shape index (κ1) is 16.2. The van der Waals surface area contributed by atoms with Crippen LogP contribution < -0.4 is 0 Å². The van der Waals surface area contributed by atoms with Gasteiger partial charge in [0.2, 0.25) is 5.79 Å². The smallest absolute Gasteiger partial charge is 0.211 e. The number of carbonyl (C=O) groups is 1. The number of Topliss-reactive ketones (excluding diaryl/α,β-unsaturated/α-hetero) is 1. The number of rotatable bonds is 0. The fourth-order valence-electron chi connectivity index (χ4n) is 8.38. The molecule has 8 rings (SSSR count). The normalized spacial score (nSPS) is 64.0. The fourth-order valence-corrected chi connectivity index (χ4v) is 8.38. The minimum absolute atomic E-state index is 0.133. The molecule has 4 saturated heterocycles. The van der Waals surface area contributed by atoms with Gasteiger partial charge in [-0.25, -0.2) is 0 Å². The van der Waals surface area contributed by atoms with Crippen molar-refractivity contribution in [1.82, 2.24) is 0 Å². The van der Waals surface area contributed by atoms with Gasteiger partial charge >= 0.3 is 0 Å². The van der Waals surface area contributed by atoms with Gasteiger partial charge in [0.05, 0.1) is 17.6 Å². The first-order valence-electron chi connectivity index (χ1n) is 9.80.